The van der Waals surface area contributed by atoms with Crippen LogP contribution >= 0.6 is 0 Å². The Morgan fingerprint density at radius 2 is 1.89 bits per heavy atom. The molecule has 1 fully saturated rings. The van der Waals surface area contributed by atoms with E-state index in [9.17, 15) is 23.2 Å². The van der Waals surface area contributed by atoms with Gasteiger partial charge in [-0.05, 0) is 23.1 Å². The van der Waals surface area contributed by atoms with Gasteiger partial charge >= 0.3 is 0 Å². The summed E-state index contributed by atoms with van der Waals surface area (Å²) in [5, 5.41) is 2.87. The Labute approximate surface area is 207 Å². The van der Waals surface area contributed by atoms with E-state index in [2.05, 4.69) is 15.3 Å². The highest BCUT2D eigenvalue weighted by Crippen LogP contribution is 2.27. The van der Waals surface area contributed by atoms with Crippen LogP contribution in [-0.2, 0) is 16.0 Å². The van der Waals surface area contributed by atoms with Gasteiger partial charge in [0.1, 0.15) is 12.2 Å². The predicted octanol–water partition coefficient (Wildman–Crippen LogP) is 3.42. The fourth-order valence-corrected chi connectivity index (χ4v) is 4.40. The number of hydrogen-bond donors (Lipinski definition) is 2. The fourth-order valence-electron chi connectivity index (χ4n) is 4.40. The first-order valence-corrected chi connectivity index (χ1v) is 11.9. The van der Waals surface area contributed by atoms with Crippen molar-refractivity contribution < 1.29 is 18.4 Å². The van der Waals surface area contributed by atoms with Crippen molar-refractivity contribution in [1.29, 1.82) is 0 Å². The first kappa shape index (κ1) is 25.2. The van der Waals surface area contributed by atoms with E-state index in [1.165, 1.54) is 23.2 Å². The van der Waals surface area contributed by atoms with Crippen LogP contribution in [0.1, 0.15) is 54.6 Å². The smallest absolute Gasteiger partial charge is 0.247 e. The molecule has 1 aromatic carbocycles. The first-order valence-electron chi connectivity index (χ1n) is 11.9. The number of nitrogens with zero attached hydrogens (tertiary/aromatic N) is 2. The minimum Gasteiger partial charge on any atom is -0.342 e. The van der Waals surface area contributed by atoms with Gasteiger partial charge in [-0.25, -0.2) is 9.37 Å². The molecule has 7 nitrogen and oxygen atoms in total. The summed E-state index contributed by atoms with van der Waals surface area (Å²) < 4.78 is 29.1. The normalized spacial score (nSPS) is 18.3. The van der Waals surface area contributed by atoms with E-state index in [0.717, 1.165) is 0 Å². The van der Waals surface area contributed by atoms with Crippen LogP contribution in [0.2, 0.25) is 0 Å². The van der Waals surface area contributed by atoms with Gasteiger partial charge in [0.2, 0.25) is 23.3 Å². The second-order valence-electron chi connectivity index (χ2n) is 9.26. The van der Waals surface area contributed by atoms with E-state index in [0.29, 0.717) is 22.4 Å². The quantitative estimate of drug-likeness (QED) is 0.492. The van der Waals surface area contributed by atoms with Crippen molar-refractivity contribution in [3.8, 4) is 0 Å². The van der Waals surface area contributed by atoms with Crippen LogP contribution in [0.25, 0.3) is 0 Å². The maximum absolute atomic E-state index is 14.7. The highest BCUT2D eigenvalue weighted by atomic mass is 19.1. The Bertz CT molecular complexity index is 1280. The summed E-state index contributed by atoms with van der Waals surface area (Å²) in [6.45, 7) is 3.52. The summed E-state index contributed by atoms with van der Waals surface area (Å²) in [6, 6.07) is 13.3. The molecule has 0 aliphatic carbocycles. The topological polar surface area (TPSA) is 95.2 Å². The lowest BCUT2D eigenvalue weighted by Gasteiger charge is -2.27. The molecule has 1 aliphatic heterocycles. The molecule has 3 heterocycles. The van der Waals surface area contributed by atoms with Crippen LogP contribution in [0.15, 0.2) is 65.6 Å². The molecule has 0 saturated carbocycles. The van der Waals surface area contributed by atoms with Gasteiger partial charge in [-0.2, -0.15) is 4.39 Å². The van der Waals surface area contributed by atoms with E-state index >= 15 is 0 Å². The van der Waals surface area contributed by atoms with Crippen LogP contribution in [0.4, 0.5) is 8.78 Å². The van der Waals surface area contributed by atoms with E-state index in [-0.39, 0.29) is 30.9 Å². The van der Waals surface area contributed by atoms with Crippen molar-refractivity contribution in [2.75, 3.05) is 6.54 Å². The lowest BCUT2D eigenvalue weighted by molar-refractivity contribution is -0.138. The van der Waals surface area contributed by atoms with Gasteiger partial charge in [-0.15, -0.1) is 0 Å². The lowest BCUT2D eigenvalue weighted by Crippen LogP contribution is -2.47. The van der Waals surface area contributed by atoms with Gasteiger partial charge in [0.15, 0.2) is 0 Å². The van der Waals surface area contributed by atoms with Gasteiger partial charge < -0.3 is 15.2 Å². The average molecular weight is 495 g/mol. The second kappa shape index (κ2) is 10.8. The molecule has 9 heteroatoms. The molecule has 0 bridgehead atoms. The minimum absolute atomic E-state index is 0.0571. The molecule has 2 amide bonds. The van der Waals surface area contributed by atoms with Crippen molar-refractivity contribution in [3.63, 3.8) is 0 Å². The summed E-state index contributed by atoms with van der Waals surface area (Å²) in [5.74, 6) is -1.64. The number of aromatic nitrogens is 2. The van der Waals surface area contributed by atoms with Gasteiger partial charge in [0.25, 0.3) is 0 Å². The third-order valence-electron chi connectivity index (χ3n) is 6.31. The van der Waals surface area contributed by atoms with Gasteiger partial charge in [-0.3, -0.25) is 14.4 Å². The number of H-pyrrole nitrogens is 1. The number of alkyl halides is 1. The molecule has 3 aromatic rings. The standard InChI is InChI=1S/C27H28F2N4O3/c1-16(2)20-9-10-21(31-26(20)29)25(18-6-4-3-5-7-18)32-27(36)22-13-19(28)15-33(22)24(35)12-17-8-11-23(34)30-14-17/h3-11,14,16,19,22,25H,12-13,15H2,1-2H3,(H,30,34)(H,32,36). The van der Waals surface area contributed by atoms with Crippen LogP contribution in [0.5, 0.6) is 0 Å². The molecular weight excluding hydrogens is 466 g/mol. The zero-order valence-corrected chi connectivity index (χ0v) is 20.1. The molecule has 3 atom stereocenters. The fraction of sp³-hybridized carbons (Fsp3) is 0.333. The average Bonchev–Trinajstić information content (AvgIpc) is 3.26. The zero-order valence-electron chi connectivity index (χ0n) is 20.1. The summed E-state index contributed by atoms with van der Waals surface area (Å²) in [6.07, 6.45) is -0.154. The molecule has 0 radical (unpaired) electrons. The Morgan fingerprint density at radius 3 is 2.53 bits per heavy atom. The van der Waals surface area contributed by atoms with Gasteiger partial charge in [0, 0.05) is 24.2 Å². The van der Waals surface area contributed by atoms with E-state index in [4.69, 9.17) is 0 Å². The van der Waals surface area contributed by atoms with Crippen LogP contribution in [0, 0.1) is 5.95 Å². The first-order chi connectivity index (χ1) is 17.2. The molecular formula is C27H28F2N4O3. The molecule has 188 valence electrons. The van der Waals surface area contributed by atoms with Gasteiger partial charge in [0.05, 0.1) is 24.7 Å². The Hall–Kier alpha value is -3.88. The number of rotatable bonds is 7. The molecule has 1 aliphatic rings. The highest BCUT2D eigenvalue weighted by Gasteiger charge is 2.40. The molecule has 2 aromatic heterocycles. The Kier molecular flexibility index (Phi) is 7.57. The summed E-state index contributed by atoms with van der Waals surface area (Å²) >= 11 is 0. The predicted molar refractivity (Wildman–Crippen MR) is 130 cm³/mol. The Morgan fingerprint density at radius 1 is 1.14 bits per heavy atom. The number of benzene rings is 1. The van der Waals surface area contributed by atoms with Gasteiger partial charge in [-0.1, -0.05) is 56.3 Å². The summed E-state index contributed by atoms with van der Waals surface area (Å²) in [4.78, 5) is 45.5. The number of amides is 2. The number of likely N-dealkylation sites (tertiary alicyclic amines) is 1. The van der Waals surface area contributed by atoms with E-state index < -0.39 is 36.0 Å². The largest absolute Gasteiger partial charge is 0.342 e. The van der Waals surface area contributed by atoms with Crippen LogP contribution in [0.3, 0.4) is 0 Å². The van der Waals surface area contributed by atoms with Crippen molar-refractivity contribution in [2.24, 2.45) is 0 Å². The SMILES string of the molecule is CC(C)c1ccc(C(NC(=O)C2CC(F)CN2C(=O)Cc2ccc(=O)[nH]c2)c2ccccc2)nc1F. The van der Waals surface area contributed by atoms with Crippen molar-refractivity contribution in [3.05, 3.63) is 99.5 Å². The van der Waals surface area contributed by atoms with Crippen molar-refractivity contribution >= 4 is 11.8 Å². The number of nitrogens with one attached hydrogen (secondary N) is 2. The van der Waals surface area contributed by atoms with Crippen molar-refractivity contribution in [1.82, 2.24) is 20.2 Å². The lowest BCUT2D eigenvalue weighted by atomic mass is 9.99. The van der Waals surface area contributed by atoms with Crippen molar-refractivity contribution in [2.45, 2.75) is 50.9 Å². The molecule has 4 rings (SSSR count). The molecule has 2 N–H and O–H groups in total. The summed E-state index contributed by atoms with van der Waals surface area (Å²) in [7, 11) is 0. The molecule has 0 spiro atoms. The monoisotopic (exact) mass is 494 g/mol. The zero-order chi connectivity index (χ0) is 25.8. The van der Waals surface area contributed by atoms with Crippen LogP contribution < -0.4 is 10.9 Å². The number of carbonyl (C=O) groups is 2. The molecule has 1 saturated heterocycles. The molecule has 36 heavy (non-hydrogen) atoms. The number of carbonyl (C=O) groups excluding carboxylic acids is 2. The number of halogens is 2. The Balaban J connectivity index is 1.58. The van der Waals surface area contributed by atoms with E-state index in [1.54, 1.807) is 36.4 Å². The minimum atomic E-state index is -1.35. The third-order valence-corrected chi connectivity index (χ3v) is 6.31. The maximum atomic E-state index is 14.7. The molecule has 3 unspecified atom stereocenters. The second-order valence-corrected chi connectivity index (χ2v) is 9.26. The maximum Gasteiger partial charge on any atom is 0.247 e. The number of aromatic amines is 1. The summed E-state index contributed by atoms with van der Waals surface area (Å²) in [5.41, 5.74) is 1.69. The number of pyridine rings is 2. The van der Waals surface area contributed by atoms with E-state index in [1.807, 2.05) is 19.9 Å². The van der Waals surface area contributed by atoms with Crippen LogP contribution in [-0.4, -0.2) is 45.4 Å². The third kappa shape index (κ3) is 5.67. The number of hydrogen-bond acceptors (Lipinski definition) is 4. The highest BCUT2D eigenvalue weighted by molar-refractivity contribution is 5.89.